The number of furan rings is 1. The number of nitrogens with zero attached hydrogens (tertiary/aromatic N) is 2. The first-order chi connectivity index (χ1) is 14.1. The lowest BCUT2D eigenvalue weighted by Crippen LogP contribution is -2.08. The molecule has 4 aromatic rings. The minimum Gasteiger partial charge on any atom is -0.461 e. The molecule has 148 valence electrons. The highest BCUT2D eigenvalue weighted by molar-refractivity contribution is 7.13. The molecule has 0 amide bonds. The maximum absolute atomic E-state index is 12.2. The topological polar surface area (TPSA) is 78.4 Å². The van der Waals surface area contributed by atoms with E-state index >= 15 is 0 Å². The number of rotatable bonds is 7. The van der Waals surface area contributed by atoms with Crippen molar-refractivity contribution in [3.8, 4) is 22.1 Å². The van der Waals surface area contributed by atoms with Crippen LogP contribution in [0.15, 0.2) is 63.0 Å². The fourth-order valence-electron chi connectivity index (χ4n) is 2.80. The van der Waals surface area contributed by atoms with Crippen LogP contribution < -0.4 is 0 Å². The minimum atomic E-state index is -0.362. The van der Waals surface area contributed by atoms with Gasteiger partial charge in [-0.1, -0.05) is 43.3 Å². The molecule has 0 aliphatic rings. The maximum atomic E-state index is 12.2. The molecule has 0 saturated heterocycles. The molecule has 0 N–H and O–H groups in total. The molecule has 0 atom stereocenters. The van der Waals surface area contributed by atoms with Crippen molar-refractivity contribution in [2.24, 2.45) is 0 Å². The lowest BCUT2D eigenvalue weighted by Gasteiger charge is -2.05. The maximum Gasteiger partial charge on any atom is 0.312 e. The Labute approximate surface area is 172 Å². The van der Waals surface area contributed by atoms with Crippen LogP contribution in [-0.2, 0) is 22.6 Å². The first-order valence-corrected chi connectivity index (χ1v) is 10.2. The molecule has 29 heavy (non-hydrogen) atoms. The second-order valence-electron chi connectivity index (χ2n) is 6.92. The number of esters is 1. The van der Waals surface area contributed by atoms with Crippen molar-refractivity contribution >= 4 is 17.3 Å². The van der Waals surface area contributed by atoms with E-state index in [0.717, 1.165) is 10.6 Å². The van der Waals surface area contributed by atoms with Crippen LogP contribution in [0, 0.1) is 0 Å². The molecule has 0 bridgehead atoms. The van der Waals surface area contributed by atoms with Crippen LogP contribution in [0.25, 0.3) is 22.1 Å². The zero-order valence-electron chi connectivity index (χ0n) is 16.1. The van der Waals surface area contributed by atoms with E-state index in [1.807, 2.05) is 5.38 Å². The number of hydrogen-bond acceptors (Lipinski definition) is 7. The van der Waals surface area contributed by atoms with Gasteiger partial charge in [0, 0.05) is 17.0 Å². The van der Waals surface area contributed by atoms with Gasteiger partial charge < -0.3 is 13.7 Å². The van der Waals surface area contributed by atoms with Crippen LogP contribution in [0.1, 0.15) is 36.7 Å². The summed E-state index contributed by atoms with van der Waals surface area (Å²) in [4.78, 5) is 16.7. The van der Waals surface area contributed by atoms with Gasteiger partial charge in [-0.05, 0) is 23.6 Å². The van der Waals surface area contributed by atoms with Crippen molar-refractivity contribution in [2.45, 2.75) is 32.8 Å². The molecular formula is C22H20N2O4S. The predicted octanol–water partition coefficient (Wildman–Crippen LogP) is 5.47. The Morgan fingerprint density at radius 1 is 1.14 bits per heavy atom. The summed E-state index contributed by atoms with van der Waals surface area (Å²) in [5, 5.41) is 6.67. The van der Waals surface area contributed by atoms with Gasteiger partial charge >= 0.3 is 5.97 Å². The van der Waals surface area contributed by atoms with Gasteiger partial charge in [0.15, 0.2) is 5.76 Å². The van der Waals surface area contributed by atoms with Gasteiger partial charge in [-0.25, -0.2) is 4.98 Å². The monoisotopic (exact) mass is 408 g/mol. The molecule has 3 aromatic heterocycles. The van der Waals surface area contributed by atoms with E-state index in [9.17, 15) is 4.79 Å². The number of aromatic nitrogens is 2. The third kappa shape index (κ3) is 4.63. The lowest BCUT2D eigenvalue weighted by molar-refractivity contribution is -0.144. The van der Waals surface area contributed by atoms with Crippen molar-refractivity contribution in [3.05, 3.63) is 71.1 Å². The smallest absolute Gasteiger partial charge is 0.312 e. The third-order valence-corrected chi connectivity index (χ3v) is 5.35. The van der Waals surface area contributed by atoms with E-state index in [2.05, 4.69) is 48.3 Å². The van der Waals surface area contributed by atoms with Gasteiger partial charge in [0.1, 0.15) is 17.3 Å². The summed E-state index contributed by atoms with van der Waals surface area (Å²) < 4.78 is 15.7. The first-order valence-electron chi connectivity index (χ1n) is 9.28. The SMILES string of the molecule is CC(C)c1ccc(-c2nc(CC(=O)OCc3cc(-c4ccco4)on3)cs2)cc1. The number of benzene rings is 1. The number of carbonyl (C=O) groups is 1. The molecule has 0 radical (unpaired) electrons. The van der Waals surface area contributed by atoms with E-state index in [4.69, 9.17) is 13.7 Å². The molecule has 4 rings (SSSR count). The Morgan fingerprint density at radius 3 is 2.69 bits per heavy atom. The summed E-state index contributed by atoms with van der Waals surface area (Å²) >= 11 is 1.52. The Morgan fingerprint density at radius 2 is 1.97 bits per heavy atom. The Balaban J connectivity index is 1.32. The molecular weight excluding hydrogens is 388 g/mol. The average Bonchev–Trinajstić information content (AvgIpc) is 3.47. The minimum absolute atomic E-state index is 0.0384. The Kier molecular flexibility index (Phi) is 5.57. The highest BCUT2D eigenvalue weighted by Gasteiger charge is 2.13. The van der Waals surface area contributed by atoms with Gasteiger partial charge in [-0.3, -0.25) is 4.79 Å². The first kappa shape index (κ1) is 19.1. The molecule has 1 aromatic carbocycles. The summed E-state index contributed by atoms with van der Waals surface area (Å²) in [7, 11) is 0. The van der Waals surface area contributed by atoms with E-state index in [-0.39, 0.29) is 19.0 Å². The van der Waals surface area contributed by atoms with Crippen LogP contribution in [0.2, 0.25) is 0 Å². The van der Waals surface area contributed by atoms with Gasteiger partial charge in [-0.2, -0.15) is 0 Å². The third-order valence-electron chi connectivity index (χ3n) is 4.41. The van der Waals surface area contributed by atoms with Crippen molar-refractivity contribution in [1.29, 1.82) is 0 Å². The molecule has 0 aliphatic heterocycles. The Hall–Kier alpha value is -3.19. The molecule has 0 saturated carbocycles. The zero-order chi connectivity index (χ0) is 20.2. The molecule has 7 heteroatoms. The lowest BCUT2D eigenvalue weighted by atomic mass is 10.0. The van der Waals surface area contributed by atoms with E-state index in [0.29, 0.717) is 28.8 Å². The molecule has 0 fully saturated rings. The molecule has 3 heterocycles. The van der Waals surface area contributed by atoms with Gasteiger partial charge in [0.2, 0.25) is 5.76 Å². The molecule has 0 spiro atoms. The summed E-state index contributed by atoms with van der Waals surface area (Å²) in [6.45, 7) is 4.37. The zero-order valence-corrected chi connectivity index (χ0v) is 16.9. The fourth-order valence-corrected chi connectivity index (χ4v) is 3.63. The van der Waals surface area contributed by atoms with E-state index in [1.165, 1.54) is 16.9 Å². The van der Waals surface area contributed by atoms with Crippen LogP contribution in [0.4, 0.5) is 0 Å². The highest BCUT2D eigenvalue weighted by Crippen LogP contribution is 2.26. The second kappa shape index (κ2) is 8.45. The van der Waals surface area contributed by atoms with Gasteiger partial charge in [0.05, 0.1) is 18.4 Å². The number of ether oxygens (including phenoxy) is 1. The second-order valence-corrected chi connectivity index (χ2v) is 7.78. The van der Waals surface area contributed by atoms with Crippen molar-refractivity contribution in [2.75, 3.05) is 0 Å². The summed E-state index contributed by atoms with van der Waals surface area (Å²) in [5.74, 6) is 1.20. The number of hydrogen-bond donors (Lipinski definition) is 0. The largest absolute Gasteiger partial charge is 0.461 e. The molecule has 0 aliphatic carbocycles. The van der Waals surface area contributed by atoms with Crippen LogP contribution >= 0.6 is 11.3 Å². The summed E-state index contributed by atoms with van der Waals surface area (Å²) in [6.07, 6.45) is 1.67. The highest BCUT2D eigenvalue weighted by atomic mass is 32.1. The van der Waals surface area contributed by atoms with Crippen molar-refractivity contribution in [1.82, 2.24) is 10.1 Å². The molecule has 0 unspecified atom stereocenters. The number of thiazole rings is 1. The normalized spacial score (nSPS) is 11.1. The van der Waals surface area contributed by atoms with Crippen LogP contribution in [-0.4, -0.2) is 16.1 Å². The van der Waals surface area contributed by atoms with Gasteiger partial charge in [0.25, 0.3) is 0 Å². The molecule has 6 nitrogen and oxygen atoms in total. The van der Waals surface area contributed by atoms with Crippen molar-refractivity contribution in [3.63, 3.8) is 0 Å². The quantitative estimate of drug-likeness (QED) is 0.378. The summed E-state index contributed by atoms with van der Waals surface area (Å²) in [5.41, 5.74) is 3.55. The van der Waals surface area contributed by atoms with Gasteiger partial charge in [-0.15, -0.1) is 11.3 Å². The van der Waals surface area contributed by atoms with Crippen LogP contribution in [0.5, 0.6) is 0 Å². The fraction of sp³-hybridized carbons (Fsp3) is 0.227. The average molecular weight is 408 g/mol. The predicted molar refractivity (Wildman–Crippen MR) is 109 cm³/mol. The van der Waals surface area contributed by atoms with E-state index < -0.39 is 0 Å². The standard InChI is InChI=1S/C22H20N2O4S/c1-14(2)15-5-7-16(8-6-15)22-23-18(13-29-22)11-21(25)27-12-17-10-20(28-24-17)19-4-3-9-26-19/h3-10,13-14H,11-12H2,1-2H3. The van der Waals surface area contributed by atoms with E-state index in [1.54, 1.807) is 24.5 Å². The summed E-state index contributed by atoms with van der Waals surface area (Å²) in [6, 6.07) is 13.6. The number of carbonyl (C=O) groups excluding carboxylic acids is 1. The van der Waals surface area contributed by atoms with Crippen LogP contribution in [0.3, 0.4) is 0 Å². The van der Waals surface area contributed by atoms with Crippen molar-refractivity contribution < 1.29 is 18.5 Å². The Bertz CT molecular complexity index is 1080.